The molecule has 2 nitrogen and oxygen atoms in total. The summed E-state index contributed by atoms with van der Waals surface area (Å²) in [5, 5.41) is 7.90. The van der Waals surface area contributed by atoms with Crippen LogP contribution in [0.25, 0.3) is 0 Å². The summed E-state index contributed by atoms with van der Waals surface area (Å²) in [7, 11) is 0. The third-order valence-corrected chi connectivity index (χ3v) is 4.86. The average Bonchev–Trinajstić information content (AvgIpc) is 2.54. The Morgan fingerprint density at radius 3 is 2.48 bits per heavy atom. The largest absolute Gasteiger partial charge is 0.362 e. The summed E-state index contributed by atoms with van der Waals surface area (Å²) in [5.41, 5.74) is 3.57. The van der Waals surface area contributed by atoms with Crippen molar-refractivity contribution in [3.05, 3.63) is 64.7 Å². The van der Waals surface area contributed by atoms with Gasteiger partial charge in [0.25, 0.3) is 0 Å². The van der Waals surface area contributed by atoms with Gasteiger partial charge in [-0.25, -0.2) is 0 Å². The molecule has 0 spiro atoms. The number of thiocarbonyl (C=S) groups is 1. The van der Waals surface area contributed by atoms with Crippen molar-refractivity contribution in [2.24, 2.45) is 0 Å². The van der Waals surface area contributed by atoms with E-state index in [1.807, 2.05) is 36.0 Å². The predicted octanol–water partition coefficient (Wildman–Crippen LogP) is 5.26. The summed E-state index contributed by atoms with van der Waals surface area (Å²) in [6.45, 7) is 2.95. The molecule has 0 heterocycles. The van der Waals surface area contributed by atoms with Crippen molar-refractivity contribution in [1.29, 1.82) is 0 Å². The maximum Gasteiger partial charge on any atom is 0.170 e. The second kappa shape index (κ2) is 9.81. The topological polar surface area (TPSA) is 24.1 Å². The molecular weight excluding hydrogens is 344 g/mol. The number of benzene rings is 2. The number of hydrogen-bond donors (Lipinski definition) is 2. The molecule has 0 bridgehead atoms. The van der Waals surface area contributed by atoms with Gasteiger partial charge in [0.15, 0.2) is 5.11 Å². The van der Waals surface area contributed by atoms with Crippen molar-refractivity contribution in [3.63, 3.8) is 0 Å². The summed E-state index contributed by atoms with van der Waals surface area (Å²) in [6, 6.07) is 16.2. The zero-order valence-corrected chi connectivity index (χ0v) is 15.5. The maximum atomic E-state index is 5.88. The van der Waals surface area contributed by atoms with Gasteiger partial charge in [0.2, 0.25) is 0 Å². The summed E-state index contributed by atoms with van der Waals surface area (Å²) < 4.78 is 0. The van der Waals surface area contributed by atoms with Crippen LogP contribution in [-0.4, -0.2) is 17.4 Å². The molecule has 0 saturated carbocycles. The Bertz CT molecular complexity index is 612. The monoisotopic (exact) mass is 364 g/mol. The molecule has 0 aliphatic carbocycles. The van der Waals surface area contributed by atoms with E-state index in [-0.39, 0.29) is 0 Å². The number of thioether (sulfide) groups is 1. The second-order valence-electron chi connectivity index (χ2n) is 5.28. The minimum absolute atomic E-state index is 0.677. The van der Waals surface area contributed by atoms with E-state index in [4.69, 9.17) is 23.8 Å². The first-order valence-electron chi connectivity index (χ1n) is 7.57. The first kappa shape index (κ1) is 18.1. The van der Waals surface area contributed by atoms with E-state index in [1.54, 1.807) is 0 Å². The van der Waals surface area contributed by atoms with Crippen LogP contribution in [0.1, 0.15) is 17.5 Å². The molecule has 2 aromatic carbocycles. The highest BCUT2D eigenvalue weighted by Crippen LogP contribution is 2.15. The molecule has 0 atom stereocenters. The van der Waals surface area contributed by atoms with Crippen LogP contribution in [0.2, 0.25) is 5.02 Å². The van der Waals surface area contributed by atoms with Crippen LogP contribution in [0.4, 0.5) is 5.69 Å². The first-order valence-corrected chi connectivity index (χ1v) is 9.51. The zero-order valence-electron chi connectivity index (χ0n) is 13.1. The van der Waals surface area contributed by atoms with E-state index in [2.05, 4.69) is 41.8 Å². The van der Waals surface area contributed by atoms with Crippen LogP contribution < -0.4 is 10.6 Å². The first-order chi connectivity index (χ1) is 11.1. The van der Waals surface area contributed by atoms with Crippen molar-refractivity contribution in [2.45, 2.75) is 19.1 Å². The molecule has 0 aromatic heterocycles. The fourth-order valence-corrected chi connectivity index (χ4v) is 3.23. The highest BCUT2D eigenvalue weighted by atomic mass is 35.5. The van der Waals surface area contributed by atoms with Crippen LogP contribution in [0.5, 0.6) is 0 Å². The van der Waals surface area contributed by atoms with E-state index in [0.717, 1.165) is 35.2 Å². The molecule has 0 radical (unpaired) electrons. The molecule has 2 rings (SSSR count). The fourth-order valence-electron chi connectivity index (χ4n) is 1.96. The Balaban J connectivity index is 1.55. The summed E-state index contributed by atoms with van der Waals surface area (Å²) in [5.74, 6) is 2.12. The van der Waals surface area contributed by atoms with Crippen LogP contribution >= 0.6 is 35.6 Å². The number of aryl methyl sites for hydroxylation is 1. The molecule has 0 amide bonds. The second-order valence-corrected chi connectivity index (χ2v) is 7.23. The van der Waals surface area contributed by atoms with Gasteiger partial charge in [0.1, 0.15) is 0 Å². The lowest BCUT2D eigenvalue weighted by atomic mass is 10.2. The Morgan fingerprint density at radius 1 is 1.09 bits per heavy atom. The van der Waals surface area contributed by atoms with Crippen molar-refractivity contribution < 1.29 is 0 Å². The third kappa shape index (κ3) is 7.25. The molecular formula is C18H21ClN2S2. The number of halogens is 1. The molecule has 0 unspecified atom stereocenters. The molecule has 0 fully saturated rings. The molecule has 122 valence electrons. The zero-order chi connectivity index (χ0) is 16.5. The highest BCUT2D eigenvalue weighted by Gasteiger charge is 1.98. The summed E-state index contributed by atoms with van der Waals surface area (Å²) in [6.07, 6.45) is 1.08. The van der Waals surface area contributed by atoms with Gasteiger partial charge in [-0.15, -0.1) is 0 Å². The maximum absolute atomic E-state index is 5.88. The quantitative estimate of drug-likeness (QED) is 0.517. The lowest BCUT2D eigenvalue weighted by molar-refractivity contribution is 0.854. The van der Waals surface area contributed by atoms with Gasteiger partial charge in [-0.05, 0) is 61.1 Å². The van der Waals surface area contributed by atoms with Gasteiger partial charge in [-0.1, -0.05) is 41.4 Å². The number of nitrogens with one attached hydrogen (secondary N) is 2. The van der Waals surface area contributed by atoms with E-state index in [0.29, 0.717) is 5.11 Å². The molecule has 2 aromatic rings. The normalized spacial score (nSPS) is 10.3. The van der Waals surface area contributed by atoms with Crippen LogP contribution in [0, 0.1) is 6.92 Å². The van der Waals surface area contributed by atoms with E-state index >= 15 is 0 Å². The Kier molecular flexibility index (Phi) is 7.72. The molecule has 0 aliphatic rings. The highest BCUT2D eigenvalue weighted by molar-refractivity contribution is 7.98. The van der Waals surface area contributed by atoms with Gasteiger partial charge >= 0.3 is 0 Å². The lowest BCUT2D eigenvalue weighted by Gasteiger charge is -2.10. The van der Waals surface area contributed by atoms with Crippen LogP contribution in [-0.2, 0) is 5.75 Å². The molecule has 0 aliphatic heterocycles. The minimum atomic E-state index is 0.677. The average molecular weight is 365 g/mol. The van der Waals surface area contributed by atoms with Crippen LogP contribution in [0.3, 0.4) is 0 Å². The summed E-state index contributed by atoms with van der Waals surface area (Å²) >= 11 is 13.1. The number of anilines is 1. The van der Waals surface area contributed by atoms with Gasteiger partial charge in [0.05, 0.1) is 0 Å². The molecule has 2 N–H and O–H groups in total. The molecule has 23 heavy (non-hydrogen) atoms. The van der Waals surface area contributed by atoms with Gasteiger partial charge < -0.3 is 10.6 Å². The smallest absolute Gasteiger partial charge is 0.170 e. The van der Waals surface area contributed by atoms with Gasteiger partial charge in [-0.3, -0.25) is 0 Å². The van der Waals surface area contributed by atoms with E-state index in [9.17, 15) is 0 Å². The van der Waals surface area contributed by atoms with Crippen LogP contribution in [0.15, 0.2) is 48.5 Å². The standard InChI is InChI=1S/C18H21ClN2S2/c1-14-3-9-17(10-4-14)21-18(22)20-11-2-12-23-13-15-5-7-16(19)8-6-15/h3-10H,2,11-13H2,1H3,(H2,20,21,22). The third-order valence-electron chi connectivity index (χ3n) is 3.24. The Labute approximate surface area is 153 Å². The number of rotatable bonds is 7. The summed E-state index contributed by atoms with van der Waals surface area (Å²) in [4.78, 5) is 0. The Hall–Kier alpha value is -1.23. The lowest BCUT2D eigenvalue weighted by Crippen LogP contribution is -2.29. The van der Waals surface area contributed by atoms with Gasteiger partial charge in [0, 0.05) is 23.0 Å². The van der Waals surface area contributed by atoms with E-state index < -0.39 is 0 Å². The van der Waals surface area contributed by atoms with Crippen molar-refractivity contribution in [3.8, 4) is 0 Å². The Morgan fingerprint density at radius 2 is 1.78 bits per heavy atom. The van der Waals surface area contributed by atoms with Crippen molar-refractivity contribution in [2.75, 3.05) is 17.6 Å². The molecule has 0 saturated heterocycles. The minimum Gasteiger partial charge on any atom is -0.362 e. The van der Waals surface area contributed by atoms with Gasteiger partial charge in [-0.2, -0.15) is 11.8 Å². The molecule has 5 heteroatoms. The number of hydrogen-bond acceptors (Lipinski definition) is 2. The van der Waals surface area contributed by atoms with E-state index in [1.165, 1.54) is 11.1 Å². The van der Waals surface area contributed by atoms with Crippen molar-refractivity contribution in [1.82, 2.24) is 5.32 Å². The van der Waals surface area contributed by atoms with Crippen molar-refractivity contribution >= 4 is 46.4 Å². The fraction of sp³-hybridized carbons (Fsp3) is 0.278. The SMILES string of the molecule is Cc1ccc(NC(=S)NCCCSCc2ccc(Cl)cc2)cc1. The predicted molar refractivity (Wildman–Crippen MR) is 108 cm³/mol.